The van der Waals surface area contributed by atoms with Crippen molar-refractivity contribution in [1.82, 2.24) is 0 Å². The Kier molecular flexibility index (Phi) is 8.66. The molecule has 6 nitrogen and oxygen atoms in total. The lowest BCUT2D eigenvalue weighted by atomic mass is 10.1. The Labute approximate surface area is 198 Å². The summed E-state index contributed by atoms with van der Waals surface area (Å²) in [6.07, 6.45) is 4.88. The molecule has 32 heavy (non-hydrogen) atoms. The summed E-state index contributed by atoms with van der Waals surface area (Å²) in [7, 11) is 0. The highest BCUT2D eigenvalue weighted by atomic mass is 32.2. The normalized spacial score (nSPS) is 10.8. The number of amides is 1. The van der Waals surface area contributed by atoms with E-state index in [1.165, 1.54) is 28.7 Å². The SMILES string of the molecule is CCOC(=O)c1c(-c2cccs2)csc1NC(=O)COC(=O)C=Cc1ccc(SC)cc1. The van der Waals surface area contributed by atoms with E-state index in [9.17, 15) is 14.4 Å². The van der Waals surface area contributed by atoms with E-state index in [-0.39, 0.29) is 6.61 Å². The molecule has 0 unspecified atom stereocenters. The van der Waals surface area contributed by atoms with Crippen LogP contribution in [0.25, 0.3) is 16.5 Å². The third-order valence-corrected chi connectivity index (χ3v) is 6.73. The van der Waals surface area contributed by atoms with Gasteiger partial charge < -0.3 is 14.8 Å². The van der Waals surface area contributed by atoms with Crippen LogP contribution in [0.3, 0.4) is 0 Å². The van der Waals surface area contributed by atoms with Crippen LogP contribution >= 0.6 is 34.4 Å². The number of benzene rings is 1. The molecule has 0 bridgehead atoms. The second-order valence-electron chi connectivity index (χ2n) is 6.31. The summed E-state index contributed by atoms with van der Waals surface area (Å²) in [5, 5.41) is 6.72. The van der Waals surface area contributed by atoms with Crippen LogP contribution in [0.4, 0.5) is 5.00 Å². The molecule has 0 spiro atoms. The minimum Gasteiger partial charge on any atom is -0.462 e. The molecule has 0 fully saturated rings. The van der Waals surface area contributed by atoms with Gasteiger partial charge in [-0.05, 0) is 48.4 Å². The maximum atomic E-state index is 12.5. The predicted molar refractivity (Wildman–Crippen MR) is 130 cm³/mol. The van der Waals surface area contributed by atoms with Gasteiger partial charge in [0.05, 0.1) is 6.61 Å². The van der Waals surface area contributed by atoms with Crippen LogP contribution in [0.1, 0.15) is 22.8 Å². The van der Waals surface area contributed by atoms with Gasteiger partial charge in [-0.15, -0.1) is 34.4 Å². The van der Waals surface area contributed by atoms with Crippen LogP contribution in [0.2, 0.25) is 0 Å². The summed E-state index contributed by atoms with van der Waals surface area (Å²) in [5.74, 6) is -1.69. The molecule has 1 N–H and O–H groups in total. The number of rotatable bonds is 9. The van der Waals surface area contributed by atoms with E-state index < -0.39 is 24.5 Å². The number of anilines is 1. The fraction of sp³-hybridized carbons (Fsp3) is 0.174. The zero-order valence-electron chi connectivity index (χ0n) is 17.5. The van der Waals surface area contributed by atoms with Crippen molar-refractivity contribution in [3.63, 3.8) is 0 Å². The van der Waals surface area contributed by atoms with Gasteiger partial charge in [0.15, 0.2) is 6.61 Å². The molecular formula is C23H21NO5S3. The highest BCUT2D eigenvalue weighted by molar-refractivity contribution is 7.98. The quantitative estimate of drug-likeness (QED) is 0.241. The standard InChI is InChI=1S/C23H21NO5S3/c1-3-28-23(27)21-17(18-5-4-12-31-18)14-32-22(21)24-19(25)13-29-20(26)11-8-15-6-9-16(30-2)10-7-15/h4-12,14H,3,13H2,1-2H3,(H,24,25). The molecule has 166 valence electrons. The molecule has 0 saturated heterocycles. The first-order chi connectivity index (χ1) is 15.5. The molecule has 0 aliphatic heterocycles. The summed E-state index contributed by atoms with van der Waals surface area (Å²) >= 11 is 4.34. The van der Waals surface area contributed by atoms with Crippen molar-refractivity contribution >= 4 is 63.4 Å². The number of esters is 2. The molecule has 0 aliphatic carbocycles. The van der Waals surface area contributed by atoms with Crippen LogP contribution in [0.15, 0.2) is 58.1 Å². The third-order valence-electron chi connectivity index (χ3n) is 4.18. The summed E-state index contributed by atoms with van der Waals surface area (Å²) < 4.78 is 10.2. The number of carbonyl (C=O) groups is 3. The van der Waals surface area contributed by atoms with Crippen LogP contribution in [0.5, 0.6) is 0 Å². The zero-order valence-corrected chi connectivity index (χ0v) is 19.9. The topological polar surface area (TPSA) is 81.7 Å². The van der Waals surface area contributed by atoms with Gasteiger partial charge in [-0.25, -0.2) is 9.59 Å². The molecule has 0 radical (unpaired) electrons. The van der Waals surface area contributed by atoms with Crippen LogP contribution in [-0.4, -0.2) is 37.3 Å². The Balaban J connectivity index is 1.61. The van der Waals surface area contributed by atoms with Gasteiger partial charge >= 0.3 is 11.9 Å². The van der Waals surface area contributed by atoms with Crippen molar-refractivity contribution in [1.29, 1.82) is 0 Å². The predicted octanol–water partition coefficient (Wildman–Crippen LogP) is 5.57. The molecule has 1 aromatic carbocycles. The number of ether oxygens (including phenoxy) is 2. The Morgan fingerprint density at radius 1 is 1.09 bits per heavy atom. The van der Waals surface area contributed by atoms with Crippen LogP contribution < -0.4 is 5.32 Å². The average molecular weight is 488 g/mol. The Bertz CT molecular complexity index is 1100. The molecule has 2 heterocycles. The molecule has 0 saturated carbocycles. The molecule has 2 aromatic heterocycles. The number of hydrogen-bond donors (Lipinski definition) is 1. The zero-order chi connectivity index (χ0) is 22.9. The monoisotopic (exact) mass is 487 g/mol. The van der Waals surface area contributed by atoms with E-state index in [4.69, 9.17) is 9.47 Å². The highest BCUT2D eigenvalue weighted by Crippen LogP contribution is 2.38. The second kappa shape index (κ2) is 11.7. The van der Waals surface area contributed by atoms with Gasteiger partial charge in [0.1, 0.15) is 10.6 Å². The van der Waals surface area contributed by atoms with Crippen LogP contribution in [0, 0.1) is 0 Å². The molecule has 0 aliphatic rings. The van der Waals surface area contributed by atoms with Crippen molar-refractivity contribution < 1.29 is 23.9 Å². The van der Waals surface area contributed by atoms with Gasteiger partial charge in [0, 0.05) is 26.8 Å². The lowest BCUT2D eigenvalue weighted by molar-refractivity contribution is -0.142. The molecule has 9 heteroatoms. The van der Waals surface area contributed by atoms with E-state index in [1.54, 1.807) is 30.1 Å². The van der Waals surface area contributed by atoms with E-state index in [0.29, 0.717) is 16.1 Å². The number of nitrogens with one attached hydrogen (secondary N) is 1. The number of thiophene rings is 2. The van der Waals surface area contributed by atoms with Gasteiger partial charge in [0.2, 0.25) is 0 Å². The summed E-state index contributed by atoms with van der Waals surface area (Å²) in [4.78, 5) is 38.8. The molecule has 3 rings (SSSR count). The van der Waals surface area contributed by atoms with Crippen LogP contribution in [-0.2, 0) is 19.1 Å². The van der Waals surface area contributed by atoms with Crippen molar-refractivity contribution in [3.8, 4) is 10.4 Å². The van der Waals surface area contributed by atoms with Crippen molar-refractivity contribution in [2.45, 2.75) is 11.8 Å². The van der Waals surface area contributed by atoms with E-state index in [2.05, 4.69) is 5.32 Å². The fourth-order valence-corrected chi connectivity index (χ4v) is 4.89. The molecule has 0 atom stereocenters. The first-order valence-corrected chi connectivity index (χ1v) is 12.6. The second-order valence-corrected chi connectivity index (χ2v) is 9.02. The highest BCUT2D eigenvalue weighted by Gasteiger charge is 2.23. The molecule has 1 amide bonds. The molecule has 3 aromatic rings. The first kappa shape index (κ1) is 23.8. The molecular weight excluding hydrogens is 466 g/mol. The number of thioether (sulfide) groups is 1. The summed E-state index contributed by atoms with van der Waals surface area (Å²) in [6, 6.07) is 11.5. The van der Waals surface area contributed by atoms with E-state index >= 15 is 0 Å². The largest absolute Gasteiger partial charge is 0.462 e. The maximum absolute atomic E-state index is 12.5. The minimum absolute atomic E-state index is 0.218. The van der Waals surface area contributed by atoms with Gasteiger partial charge in [-0.3, -0.25) is 4.79 Å². The van der Waals surface area contributed by atoms with Gasteiger partial charge in [-0.1, -0.05) is 18.2 Å². The van der Waals surface area contributed by atoms with Crippen molar-refractivity contribution in [2.24, 2.45) is 0 Å². The third kappa shape index (κ3) is 6.32. The summed E-state index contributed by atoms with van der Waals surface area (Å²) in [6.45, 7) is 1.47. The minimum atomic E-state index is -0.634. The Hall–Kier alpha value is -2.88. The number of carbonyl (C=O) groups excluding carboxylic acids is 3. The lowest BCUT2D eigenvalue weighted by Crippen LogP contribution is -2.21. The van der Waals surface area contributed by atoms with Gasteiger partial charge in [0.25, 0.3) is 5.91 Å². The van der Waals surface area contributed by atoms with Crippen molar-refractivity contribution in [3.05, 3.63) is 64.4 Å². The van der Waals surface area contributed by atoms with Gasteiger partial charge in [-0.2, -0.15) is 0 Å². The summed E-state index contributed by atoms with van der Waals surface area (Å²) in [5.41, 5.74) is 1.85. The van der Waals surface area contributed by atoms with E-state index in [0.717, 1.165) is 15.3 Å². The maximum Gasteiger partial charge on any atom is 0.341 e. The Morgan fingerprint density at radius 2 is 1.88 bits per heavy atom. The van der Waals surface area contributed by atoms with E-state index in [1.807, 2.05) is 48.0 Å². The fourth-order valence-electron chi connectivity index (χ4n) is 2.70. The smallest absolute Gasteiger partial charge is 0.341 e. The number of hydrogen-bond acceptors (Lipinski definition) is 8. The first-order valence-electron chi connectivity index (χ1n) is 9.63. The average Bonchev–Trinajstić information content (AvgIpc) is 3.46. The lowest BCUT2D eigenvalue weighted by Gasteiger charge is -2.08. The Morgan fingerprint density at radius 3 is 2.53 bits per heavy atom. The van der Waals surface area contributed by atoms with Crippen molar-refractivity contribution in [2.75, 3.05) is 24.8 Å².